The lowest BCUT2D eigenvalue weighted by Gasteiger charge is -2.19. The zero-order valence-electron chi connectivity index (χ0n) is 13.7. The van der Waals surface area contributed by atoms with Gasteiger partial charge in [-0.15, -0.1) is 0 Å². The minimum absolute atomic E-state index is 0.211. The topological polar surface area (TPSA) is 68.8 Å². The summed E-state index contributed by atoms with van der Waals surface area (Å²) < 4.78 is 15.8. The van der Waals surface area contributed by atoms with Crippen molar-refractivity contribution in [3.05, 3.63) is 22.7 Å². The summed E-state index contributed by atoms with van der Waals surface area (Å²) in [4.78, 5) is 11.5. The summed E-state index contributed by atoms with van der Waals surface area (Å²) in [5.41, 5.74) is 0.556. The van der Waals surface area contributed by atoms with Crippen LogP contribution in [0, 0.1) is 0 Å². The van der Waals surface area contributed by atoms with Crippen molar-refractivity contribution in [2.75, 3.05) is 19.9 Å². The van der Waals surface area contributed by atoms with Crippen LogP contribution >= 0.6 is 11.6 Å². The number of hydrogen-bond donors (Lipinski definition) is 2. The van der Waals surface area contributed by atoms with Gasteiger partial charge in [0, 0.05) is 13.1 Å². The summed E-state index contributed by atoms with van der Waals surface area (Å²) in [7, 11) is 0. The van der Waals surface area contributed by atoms with Crippen molar-refractivity contribution < 1.29 is 19.0 Å². The fourth-order valence-electron chi connectivity index (χ4n) is 2.07. The van der Waals surface area contributed by atoms with E-state index in [-0.39, 0.29) is 12.9 Å². The van der Waals surface area contributed by atoms with E-state index in [1.54, 1.807) is 0 Å². The Morgan fingerprint density at radius 2 is 2.09 bits per heavy atom. The molecule has 0 fully saturated rings. The molecule has 0 unspecified atom stereocenters. The number of fused-ring (bicyclic) bond motifs is 1. The van der Waals surface area contributed by atoms with Crippen LogP contribution in [0.3, 0.4) is 0 Å². The third-order valence-corrected chi connectivity index (χ3v) is 3.30. The number of carbonyl (C=O) groups excluding carboxylic acids is 1. The average molecular weight is 343 g/mol. The Morgan fingerprint density at radius 3 is 2.83 bits per heavy atom. The normalized spacial score (nSPS) is 13.0. The van der Waals surface area contributed by atoms with Gasteiger partial charge in [-0.3, -0.25) is 0 Å². The maximum Gasteiger partial charge on any atom is 0.407 e. The summed E-state index contributed by atoms with van der Waals surface area (Å²) in [6.07, 6.45) is 0.414. The Kier molecular flexibility index (Phi) is 5.96. The maximum absolute atomic E-state index is 11.5. The number of nitrogens with one attached hydrogen (secondary N) is 2. The first-order chi connectivity index (χ1) is 10.8. The number of hydrogen-bond acceptors (Lipinski definition) is 5. The van der Waals surface area contributed by atoms with Gasteiger partial charge < -0.3 is 24.8 Å². The van der Waals surface area contributed by atoms with Crippen LogP contribution in [0.5, 0.6) is 11.5 Å². The van der Waals surface area contributed by atoms with Gasteiger partial charge in [-0.05, 0) is 51.4 Å². The van der Waals surface area contributed by atoms with Crippen molar-refractivity contribution in [3.8, 4) is 11.5 Å². The van der Waals surface area contributed by atoms with Crippen LogP contribution in [-0.4, -0.2) is 31.6 Å². The molecule has 6 nitrogen and oxygen atoms in total. The van der Waals surface area contributed by atoms with Crippen molar-refractivity contribution in [3.63, 3.8) is 0 Å². The first-order valence-electron chi connectivity index (χ1n) is 7.61. The highest BCUT2D eigenvalue weighted by molar-refractivity contribution is 6.32. The van der Waals surface area contributed by atoms with E-state index in [1.807, 2.05) is 32.9 Å². The monoisotopic (exact) mass is 342 g/mol. The molecule has 0 bridgehead atoms. The van der Waals surface area contributed by atoms with Gasteiger partial charge in [-0.25, -0.2) is 4.79 Å². The van der Waals surface area contributed by atoms with Crippen LogP contribution in [0.2, 0.25) is 5.02 Å². The largest absolute Gasteiger partial charge is 0.454 e. The zero-order valence-corrected chi connectivity index (χ0v) is 14.5. The zero-order chi connectivity index (χ0) is 16.9. The number of benzene rings is 1. The summed E-state index contributed by atoms with van der Waals surface area (Å²) in [5.74, 6) is 1.29. The van der Waals surface area contributed by atoms with Gasteiger partial charge in [-0.1, -0.05) is 11.6 Å². The van der Waals surface area contributed by atoms with Gasteiger partial charge in [0.2, 0.25) is 6.79 Å². The van der Waals surface area contributed by atoms with E-state index in [9.17, 15) is 4.79 Å². The standard InChI is InChI=1S/C16H23ClN2O4/c1-16(2,3)23-15(20)19-6-4-5-18-9-11-7-12(17)14-13(8-11)21-10-22-14/h7-8,18H,4-6,9-10H2,1-3H3,(H,19,20). The van der Waals surface area contributed by atoms with Gasteiger partial charge in [0.25, 0.3) is 0 Å². The van der Waals surface area contributed by atoms with E-state index in [0.29, 0.717) is 29.6 Å². The molecule has 0 aliphatic carbocycles. The number of carbonyl (C=O) groups is 1. The van der Waals surface area contributed by atoms with E-state index < -0.39 is 5.60 Å². The smallest absolute Gasteiger partial charge is 0.407 e. The lowest BCUT2D eigenvalue weighted by Crippen LogP contribution is -2.33. The van der Waals surface area contributed by atoms with E-state index in [0.717, 1.165) is 18.5 Å². The number of amides is 1. The number of rotatable bonds is 6. The van der Waals surface area contributed by atoms with Crippen LogP contribution in [0.25, 0.3) is 0 Å². The summed E-state index contributed by atoms with van der Waals surface area (Å²) in [6.45, 7) is 7.72. The molecule has 23 heavy (non-hydrogen) atoms. The molecule has 2 rings (SSSR count). The molecule has 2 N–H and O–H groups in total. The summed E-state index contributed by atoms with van der Waals surface area (Å²) in [5, 5.41) is 6.58. The highest BCUT2D eigenvalue weighted by Gasteiger charge is 2.18. The lowest BCUT2D eigenvalue weighted by atomic mass is 10.2. The highest BCUT2D eigenvalue weighted by Crippen LogP contribution is 2.39. The van der Waals surface area contributed by atoms with Crippen molar-refractivity contribution in [2.24, 2.45) is 0 Å². The Labute approximate surface area is 141 Å². The minimum atomic E-state index is -0.471. The van der Waals surface area contributed by atoms with E-state index in [1.165, 1.54) is 0 Å². The van der Waals surface area contributed by atoms with Crippen LogP contribution in [0.1, 0.15) is 32.8 Å². The molecule has 128 valence electrons. The first-order valence-corrected chi connectivity index (χ1v) is 7.98. The molecule has 1 amide bonds. The van der Waals surface area contributed by atoms with Crippen molar-refractivity contribution >= 4 is 17.7 Å². The number of alkyl carbamates (subject to hydrolysis) is 1. The third-order valence-electron chi connectivity index (χ3n) is 3.01. The summed E-state index contributed by atoms with van der Waals surface area (Å²) in [6, 6.07) is 3.78. The van der Waals surface area contributed by atoms with Gasteiger partial charge >= 0.3 is 6.09 Å². The molecule has 0 saturated carbocycles. The summed E-state index contributed by atoms with van der Waals surface area (Å²) >= 11 is 6.13. The molecule has 1 aromatic rings. The molecular weight excluding hydrogens is 320 g/mol. The van der Waals surface area contributed by atoms with Gasteiger partial charge in [0.15, 0.2) is 11.5 Å². The van der Waals surface area contributed by atoms with Crippen molar-refractivity contribution in [2.45, 2.75) is 39.3 Å². The predicted molar refractivity (Wildman–Crippen MR) is 88.1 cm³/mol. The van der Waals surface area contributed by atoms with E-state index in [4.69, 9.17) is 25.8 Å². The fourth-order valence-corrected chi connectivity index (χ4v) is 2.36. The van der Waals surface area contributed by atoms with Gasteiger partial charge in [0.1, 0.15) is 5.60 Å². The number of ether oxygens (including phenoxy) is 3. The highest BCUT2D eigenvalue weighted by atomic mass is 35.5. The minimum Gasteiger partial charge on any atom is -0.454 e. The second kappa shape index (κ2) is 7.75. The van der Waals surface area contributed by atoms with E-state index >= 15 is 0 Å². The maximum atomic E-state index is 11.5. The second-order valence-corrected chi connectivity index (χ2v) is 6.68. The first kappa shape index (κ1) is 17.7. The van der Waals surface area contributed by atoms with E-state index in [2.05, 4.69) is 10.6 Å². The SMILES string of the molecule is CC(C)(C)OC(=O)NCCCNCc1cc(Cl)c2c(c1)OCO2. The molecule has 0 spiro atoms. The van der Waals surface area contributed by atoms with Crippen LogP contribution in [-0.2, 0) is 11.3 Å². The Balaban J connectivity index is 1.63. The molecule has 1 aliphatic rings. The molecule has 1 aliphatic heterocycles. The molecule has 1 aromatic carbocycles. The second-order valence-electron chi connectivity index (χ2n) is 6.27. The molecule has 0 radical (unpaired) electrons. The Morgan fingerprint density at radius 1 is 1.30 bits per heavy atom. The van der Waals surface area contributed by atoms with Gasteiger partial charge in [0.05, 0.1) is 5.02 Å². The molecular formula is C16H23ClN2O4. The van der Waals surface area contributed by atoms with Crippen LogP contribution in [0.4, 0.5) is 4.79 Å². The average Bonchev–Trinajstić information content (AvgIpc) is 2.89. The van der Waals surface area contributed by atoms with Crippen LogP contribution < -0.4 is 20.1 Å². The predicted octanol–water partition coefficient (Wildman–Crippen LogP) is 3.07. The molecule has 1 heterocycles. The third kappa shape index (κ3) is 5.80. The Hall–Kier alpha value is -1.66. The molecule has 0 saturated heterocycles. The molecule has 7 heteroatoms. The Bertz CT molecular complexity index is 558. The van der Waals surface area contributed by atoms with Crippen molar-refractivity contribution in [1.82, 2.24) is 10.6 Å². The number of halogens is 1. The lowest BCUT2D eigenvalue weighted by molar-refractivity contribution is 0.0527. The van der Waals surface area contributed by atoms with Gasteiger partial charge in [-0.2, -0.15) is 0 Å². The molecule has 0 atom stereocenters. The quantitative estimate of drug-likeness (QED) is 0.777. The molecule has 0 aromatic heterocycles. The van der Waals surface area contributed by atoms with Crippen molar-refractivity contribution in [1.29, 1.82) is 0 Å². The fraction of sp³-hybridized carbons (Fsp3) is 0.562. The van der Waals surface area contributed by atoms with Crippen LogP contribution in [0.15, 0.2) is 12.1 Å².